The van der Waals surface area contributed by atoms with Gasteiger partial charge in [0.25, 0.3) is 5.91 Å². The number of amides is 1. The van der Waals surface area contributed by atoms with Gasteiger partial charge in [0.05, 0.1) is 31.7 Å². The summed E-state index contributed by atoms with van der Waals surface area (Å²) in [5.41, 5.74) is 4.52. The van der Waals surface area contributed by atoms with Gasteiger partial charge in [-0.25, -0.2) is 0 Å². The van der Waals surface area contributed by atoms with Gasteiger partial charge in [-0.2, -0.15) is 5.10 Å². The Balaban J connectivity index is 1.64. The quantitative estimate of drug-likeness (QED) is 0.627. The fourth-order valence-corrected chi connectivity index (χ4v) is 3.04. The van der Waals surface area contributed by atoms with Crippen LogP contribution in [0.2, 0.25) is 0 Å². The molecule has 1 heterocycles. The molecular formula is C22H25N3O3. The molecule has 2 N–H and O–H groups in total. The lowest BCUT2D eigenvalue weighted by molar-refractivity contribution is 0.0955. The number of ether oxygens (including phenoxy) is 2. The van der Waals surface area contributed by atoms with Gasteiger partial charge in [0.1, 0.15) is 0 Å². The van der Waals surface area contributed by atoms with Crippen molar-refractivity contribution in [1.29, 1.82) is 0 Å². The number of aromatic nitrogens is 2. The molecule has 0 saturated carbocycles. The lowest BCUT2D eigenvalue weighted by Gasteiger charge is -2.10. The van der Waals surface area contributed by atoms with Gasteiger partial charge in [-0.1, -0.05) is 37.3 Å². The van der Waals surface area contributed by atoms with E-state index >= 15 is 0 Å². The summed E-state index contributed by atoms with van der Waals surface area (Å²) in [7, 11) is 3.22. The molecular weight excluding hydrogens is 354 g/mol. The van der Waals surface area contributed by atoms with E-state index in [4.69, 9.17) is 9.47 Å². The average Bonchev–Trinajstić information content (AvgIpc) is 3.23. The first kappa shape index (κ1) is 19.5. The molecule has 0 aliphatic rings. The normalized spacial score (nSPS) is 10.5. The maximum atomic E-state index is 12.6. The Morgan fingerprint density at radius 3 is 2.43 bits per heavy atom. The van der Waals surface area contributed by atoms with Gasteiger partial charge < -0.3 is 14.8 Å². The van der Waals surface area contributed by atoms with Crippen LogP contribution in [0.25, 0.3) is 11.3 Å². The lowest BCUT2D eigenvalue weighted by Crippen LogP contribution is -2.25. The third kappa shape index (κ3) is 4.34. The van der Waals surface area contributed by atoms with Gasteiger partial charge >= 0.3 is 0 Å². The monoisotopic (exact) mass is 379 g/mol. The van der Waals surface area contributed by atoms with E-state index in [-0.39, 0.29) is 5.91 Å². The summed E-state index contributed by atoms with van der Waals surface area (Å²) in [6, 6.07) is 13.9. The van der Waals surface area contributed by atoms with Crippen LogP contribution in [0.5, 0.6) is 11.5 Å². The zero-order valence-corrected chi connectivity index (χ0v) is 16.4. The molecule has 1 amide bonds. The molecule has 0 spiro atoms. The van der Waals surface area contributed by atoms with E-state index in [0.717, 1.165) is 23.2 Å². The Labute approximate surface area is 164 Å². The van der Waals surface area contributed by atoms with E-state index in [1.807, 2.05) is 30.3 Å². The highest BCUT2D eigenvalue weighted by Crippen LogP contribution is 2.27. The van der Waals surface area contributed by atoms with Crippen molar-refractivity contribution in [2.75, 3.05) is 20.8 Å². The van der Waals surface area contributed by atoms with Crippen LogP contribution in [0, 0.1) is 0 Å². The largest absolute Gasteiger partial charge is 0.493 e. The highest BCUT2D eigenvalue weighted by Gasteiger charge is 2.15. The maximum absolute atomic E-state index is 12.6. The summed E-state index contributed by atoms with van der Waals surface area (Å²) in [6.45, 7) is 2.62. The number of aryl methyl sites for hydroxylation is 1. The van der Waals surface area contributed by atoms with Crippen LogP contribution in [0.15, 0.2) is 48.7 Å². The molecule has 2 aromatic carbocycles. The molecule has 0 unspecified atom stereocenters. The lowest BCUT2D eigenvalue weighted by atomic mass is 10.0. The Bertz CT molecular complexity index is 932. The van der Waals surface area contributed by atoms with Crippen LogP contribution in [0.3, 0.4) is 0 Å². The Morgan fingerprint density at radius 2 is 1.75 bits per heavy atom. The molecule has 3 rings (SSSR count). The van der Waals surface area contributed by atoms with Crippen molar-refractivity contribution in [2.24, 2.45) is 0 Å². The van der Waals surface area contributed by atoms with Crippen molar-refractivity contribution in [2.45, 2.75) is 19.8 Å². The van der Waals surface area contributed by atoms with Crippen LogP contribution in [0.4, 0.5) is 0 Å². The second-order valence-electron chi connectivity index (χ2n) is 6.40. The number of benzene rings is 2. The third-order valence-electron chi connectivity index (χ3n) is 4.68. The van der Waals surface area contributed by atoms with Crippen molar-refractivity contribution in [1.82, 2.24) is 15.5 Å². The van der Waals surface area contributed by atoms with E-state index in [1.54, 1.807) is 20.4 Å². The number of hydrogen-bond acceptors (Lipinski definition) is 4. The van der Waals surface area contributed by atoms with Crippen molar-refractivity contribution >= 4 is 5.91 Å². The predicted molar refractivity (Wildman–Crippen MR) is 109 cm³/mol. The third-order valence-corrected chi connectivity index (χ3v) is 4.68. The molecule has 0 aliphatic heterocycles. The van der Waals surface area contributed by atoms with E-state index < -0.39 is 0 Å². The predicted octanol–water partition coefficient (Wildman–Crippen LogP) is 3.63. The first-order valence-corrected chi connectivity index (χ1v) is 9.28. The van der Waals surface area contributed by atoms with E-state index in [2.05, 4.69) is 34.6 Å². The Hall–Kier alpha value is -3.28. The summed E-state index contributed by atoms with van der Waals surface area (Å²) in [6.07, 6.45) is 3.23. The summed E-state index contributed by atoms with van der Waals surface area (Å²) in [5, 5.41) is 9.95. The first-order valence-electron chi connectivity index (χ1n) is 9.28. The van der Waals surface area contributed by atoms with Crippen LogP contribution < -0.4 is 14.8 Å². The maximum Gasteiger partial charge on any atom is 0.255 e. The molecule has 146 valence electrons. The summed E-state index contributed by atoms with van der Waals surface area (Å²) in [5.74, 6) is 1.22. The summed E-state index contributed by atoms with van der Waals surface area (Å²) >= 11 is 0. The molecule has 0 bridgehead atoms. The van der Waals surface area contributed by atoms with Gasteiger partial charge in [0.15, 0.2) is 11.5 Å². The second-order valence-corrected chi connectivity index (χ2v) is 6.40. The first-order chi connectivity index (χ1) is 13.7. The molecule has 0 saturated heterocycles. The zero-order valence-electron chi connectivity index (χ0n) is 16.4. The van der Waals surface area contributed by atoms with E-state index in [9.17, 15) is 4.79 Å². The number of carbonyl (C=O) groups is 1. The highest BCUT2D eigenvalue weighted by molar-refractivity contribution is 5.99. The standard InChI is InChI=1S/C22H25N3O3/c1-4-15-5-8-17(9-6-15)21-18(14-24-25-21)22(26)23-12-11-16-7-10-19(27-2)20(13-16)28-3/h5-10,13-14H,4,11-12H2,1-3H3,(H,23,26)(H,24,25). The average molecular weight is 379 g/mol. The minimum absolute atomic E-state index is 0.149. The fourth-order valence-electron chi connectivity index (χ4n) is 3.04. The number of nitrogens with one attached hydrogen (secondary N) is 2. The number of aromatic amines is 1. The SMILES string of the molecule is CCc1ccc(-c2[nH]ncc2C(=O)NCCc2ccc(OC)c(OC)c2)cc1. The Kier molecular flexibility index (Phi) is 6.32. The summed E-state index contributed by atoms with van der Waals surface area (Å²) in [4.78, 5) is 12.6. The molecule has 0 fully saturated rings. The van der Waals surface area contributed by atoms with Gasteiger partial charge in [-0.15, -0.1) is 0 Å². The van der Waals surface area contributed by atoms with Crippen molar-refractivity contribution in [3.63, 3.8) is 0 Å². The summed E-state index contributed by atoms with van der Waals surface area (Å²) < 4.78 is 10.6. The van der Waals surface area contributed by atoms with Gasteiger partial charge in [0.2, 0.25) is 0 Å². The molecule has 0 radical (unpaired) electrons. The number of methoxy groups -OCH3 is 2. The van der Waals surface area contributed by atoms with Crippen LogP contribution >= 0.6 is 0 Å². The number of hydrogen-bond donors (Lipinski definition) is 2. The van der Waals surface area contributed by atoms with Crippen molar-refractivity contribution in [3.05, 3.63) is 65.4 Å². The molecule has 28 heavy (non-hydrogen) atoms. The minimum Gasteiger partial charge on any atom is -0.493 e. The van der Waals surface area contributed by atoms with Gasteiger partial charge in [-0.05, 0) is 36.1 Å². The zero-order chi connectivity index (χ0) is 19.9. The van der Waals surface area contributed by atoms with Gasteiger partial charge in [-0.3, -0.25) is 9.89 Å². The van der Waals surface area contributed by atoms with E-state index in [0.29, 0.717) is 30.0 Å². The molecule has 6 heteroatoms. The minimum atomic E-state index is -0.149. The molecule has 1 aromatic heterocycles. The second kappa shape index (κ2) is 9.08. The highest BCUT2D eigenvalue weighted by atomic mass is 16.5. The van der Waals surface area contributed by atoms with Crippen LogP contribution in [-0.4, -0.2) is 36.9 Å². The van der Waals surface area contributed by atoms with Crippen molar-refractivity contribution < 1.29 is 14.3 Å². The number of nitrogens with zero attached hydrogens (tertiary/aromatic N) is 1. The number of carbonyl (C=O) groups excluding carboxylic acids is 1. The van der Waals surface area contributed by atoms with Gasteiger partial charge in [0, 0.05) is 12.1 Å². The Morgan fingerprint density at radius 1 is 1.04 bits per heavy atom. The number of H-pyrrole nitrogens is 1. The van der Waals surface area contributed by atoms with Crippen molar-refractivity contribution in [3.8, 4) is 22.8 Å². The smallest absolute Gasteiger partial charge is 0.255 e. The molecule has 0 aliphatic carbocycles. The topological polar surface area (TPSA) is 76.2 Å². The molecule has 6 nitrogen and oxygen atoms in total. The molecule has 0 atom stereocenters. The van der Waals surface area contributed by atoms with E-state index in [1.165, 1.54) is 5.56 Å². The van der Waals surface area contributed by atoms with Crippen LogP contribution in [-0.2, 0) is 12.8 Å². The fraction of sp³-hybridized carbons (Fsp3) is 0.273. The molecule has 3 aromatic rings. The van der Waals surface area contributed by atoms with Crippen LogP contribution in [0.1, 0.15) is 28.4 Å². The number of rotatable bonds is 8.